The molecule has 4 aliphatic carbocycles. The van der Waals surface area contributed by atoms with E-state index in [0.29, 0.717) is 24.2 Å². The van der Waals surface area contributed by atoms with Gasteiger partial charge in [0.2, 0.25) is 0 Å². The van der Waals surface area contributed by atoms with E-state index >= 15 is 0 Å². The molecule has 216 valence electrons. The Labute approximate surface area is 236 Å². The number of hydrogen-bond acceptors (Lipinski definition) is 6. The summed E-state index contributed by atoms with van der Waals surface area (Å²) in [5.74, 6) is -0.306. The van der Waals surface area contributed by atoms with Crippen molar-refractivity contribution in [3.8, 4) is 0 Å². The lowest BCUT2D eigenvalue weighted by Crippen LogP contribution is -2.57. The molecule has 0 aliphatic heterocycles. The van der Waals surface area contributed by atoms with E-state index in [9.17, 15) is 24.6 Å². The maximum Gasteiger partial charge on any atom is 0.326 e. The number of carboxylic acids is 1. The number of nitrogens with one attached hydrogen (secondary N) is 1. The van der Waals surface area contributed by atoms with Crippen molar-refractivity contribution < 1.29 is 29.4 Å². The molecule has 0 aromatic heterocycles. The number of oxime groups is 1. The van der Waals surface area contributed by atoms with Crippen LogP contribution in [-0.4, -0.2) is 51.8 Å². The van der Waals surface area contributed by atoms with Crippen molar-refractivity contribution in [1.82, 2.24) is 5.32 Å². The molecule has 8 heteroatoms. The number of carbonyl (C=O) groups excluding carboxylic acids is 2. The Balaban J connectivity index is 1.20. The first-order valence-electron chi connectivity index (χ1n) is 14.7. The van der Waals surface area contributed by atoms with Crippen molar-refractivity contribution in [1.29, 1.82) is 0 Å². The number of carbonyl (C=O) groups is 3. The first-order valence-corrected chi connectivity index (χ1v) is 14.7. The highest BCUT2D eigenvalue weighted by atomic mass is 16.6. The van der Waals surface area contributed by atoms with Crippen LogP contribution in [0.1, 0.15) is 77.7 Å². The van der Waals surface area contributed by atoms with E-state index in [0.717, 1.165) is 56.2 Å². The predicted molar refractivity (Wildman–Crippen MR) is 150 cm³/mol. The number of carboxylic acid groups (broad SMARTS) is 1. The molecule has 40 heavy (non-hydrogen) atoms. The zero-order chi connectivity index (χ0) is 28.7. The Morgan fingerprint density at radius 3 is 2.48 bits per heavy atom. The van der Waals surface area contributed by atoms with Crippen LogP contribution >= 0.6 is 0 Å². The summed E-state index contributed by atoms with van der Waals surface area (Å²) in [6, 6.07) is 8.14. The molecule has 0 saturated heterocycles. The van der Waals surface area contributed by atoms with Gasteiger partial charge in [0.25, 0.3) is 5.91 Å². The Morgan fingerprint density at radius 1 is 1.05 bits per heavy atom. The SMILES string of the molecule is CC(=O)C1(O)CCC2C3CCC4=CC(=NOCC(=O)NC(Cc5ccccc5)C(=O)O)CCC4(C)C3CCC21C. The van der Waals surface area contributed by atoms with Gasteiger partial charge in [-0.05, 0) is 93.1 Å². The van der Waals surface area contributed by atoms with Crippen LogP contribution in [0.2, 0.25) is 0 Å². The molecule has 3 fully saturated rings. The summed E-state index contributed by atoms with van der Waals surface area (Å²) in [7, 11) is 0. The van der Waals surface area contributed by atoms with Crippen molar-refractivity contribution in [2.45, 2.75) is 90.2 Å². The van der Waals surface area contributed by atoms with Crippen molar-refractivity contribution >= 4 is 23.4 Å². The average molecular weight is 551 g/mol. The van der Waals surface area contributed by atoms with E-state index in [1.54, 1.807) is 6.92 Å². The largest absolute Gasteiger partial charge is 0.480 e. The Kier molecular flexibility index (Phi) is 7.68. The third kappa shape index (κ3) is 4.89. The van der Waals surface area contributed by atoms with Gasteiger partial charge in [0.1, 0.15) is 11.6 Å². The van der Waals surface area contributed by atoms with E-state index in [1.165, 1.54) is 5.57 Å². The molecule has 1 aromatic carbocycles. The summed E-state index contributed by atoms with van der Waals surface area (Å²) in [6.45, 7) is 5.72. The van der Waals surface area contributed by atoms with Gasteiger partial charge in [0.15, 0.2) is 12.4 Å². The number of nitrogens with zero attached hydrogens (tertiary/aromatic N) is 1. The minimum atomic E-state index is -1.19. The fourth-order valence-corrected chi connectivity index (χ4v) is 8.70. The normalized spacial score (nSPS) is 36.5. The topological polar surface area (TPSA) is 125 Å². The number of aliphatic carboxylic acids is 1. The lowest BCUT2D eigenvalue weighted by molar-refractivity contribution is -0.159. The van der Waals surface area contributed by atoms with Crippen molar-refractivity contribution in [2.75, 3.05) is 6.61 Å². The fraction of sp³-hybridized carbons (Fsp3) is 0.625. The molecule has 7 atom stereocenters. The van der Waals surface area contributed by atoms with Crippen molar-refractivity contribution in [3.63, 3.8) is 0 Å². The summed E-state index contributed by atoms with van der Waals surface area (Å²) < 4.78 is 0. The van der Waals surface area contributed by atoms with Gasteiger partial charge in [-0.1, -0.05) is 54.9 Å². The average Bonchev–Trinajstić information content (AvgIpc) is 3.20. The summed E-state index contributed by atoms with van der Waals surface area (Å²) in [4.78, 5) is 41.9. The number of aliphatic hydroxyl groups is 1. The van der Waals surface area contributed by atoms with E-state index in [4.69, 9.17) is 4.84 Å². The number of fused-ring (bicyclic) bond motifs is 5. The van der Waals surface area contributed by atoms with Gasteiger partial charge < -0.3 is 20.4 Å². The predicted octanol–water partition coefficient (Wildman–Crippen LogP) is 4.45. The summed E-state index contributed by atoms with van der Waals surface area (Å²) >= 11 is 0. The van der Waals surface area contributed by atoms with E-state index in [-0.39, 0.29) is 29.6 Å². The van der Waals surface area contributed by atoms with Crippen LogP contribution in [0.3, 0.4) is 0 Å². The second kappa shape index (κ2) is 10.8. The smallest absolute Gasteiger partial charge is 0.326 e. The molecule has 8 nitrogen and oxygen atoms in total. The third-order valence-corrected chi connectivity index (χ3v) is 11.0. The van der Waals surface area contributed by atoms with Gasteiger partial charge in [0.05, 0.1) is 5.71 Å². The van der Waals surface area contributed by atoms with Gasteiger partial charge in [-0.2, -0.15) is 0 Å². The first kappa shape index (κ1) is 28.5. The molecule has 3 N–H and O–H groups in total. The summed E-state index contributed by atoms with van der Waals surface area (Å²) in [5.41, 5.74) is 1.54. The zero-order valence-electron chi connectivity index (χ0n) is 23.8. The Bertz CT molecular complexity index is 1230. The van der Waals surface area contributed by atoms with Crippen LogP contribution in [0.15, 0.2) is 47.1 Å². The van der Waals surface area contributed by atoms with Crippen LogP contribution in [-0.2, 0) is 25.6 Å². The third-order valence-electron chi connectivity index (χ3n) is 11.0. The number of benzene rings is 1. The van der Waals surface area contributed by atoms with Crippen molar-refractivity contribution in [3.05, 3.63) is 47.5 Å². The number of allylic oxidation sites excluding steroid dienone is 2. The molecule has 0 spiro atoms. The molecule has 0 heterocycles. The highest BCUT2D eigenvalue weighted by Crippen LogP contribution is 2.67. The lowest BCUT2D eigenvalue weighted by atomic mass is 9.46. The standard InChI is InChI=1S/C32H42N2O6/c1-20(35)32(39)16-13-26-24-10-9-22-18-23(11-14-30(22,2)25(24)12-15-31(26,32)3)34-40-19-28(36)33-27(29(37)38)17-21-7-5-4-6-8-21/h4-8,18,24-27,39H,9-17,19H2,1-3H3,(H,33,36)(H,37,38). The number of amides is 1. The number of rotatable bonds is 8. The molecule has 4 aliphatic rings. The molecule has 1 amide bonds. The Hall–Kier alpha value is -3.00. The molecule has 0 bridgehead atoms. The second-order valence-corrected chi connectivity index (χ2v) is 12.9. The van der Waals surface area contributed by atoms with E-state index < -0.39 is 23.5 Å². The number of hydrogen-bond donors (Lipinski definition) is 3. The highest BCUT2D eigenvalue weighted by Gasteiger charge is 2.65. The monoisotopic (exact) mass is 550 g/mol. The lowest BCUT2D eigenvalue weighted by Gasteiger charge is -2.59. The van der Waals surface area contributed by atoms with E-state index in [1.807, 2.05) is 30.3 Å². The maximum absolute atomic E-state index is 12.5. The van der Waals surface area contributed by atoms with Gasteiger partial charge in [0, 0.05) is 11.8 Å². The minimum Gasteiger partial charge on any atom is -0.480 e. The van der Waals surface area contributed by atoms with Crippen molar-refractivity contribution in [2.24, 2.45) is 33.7 Å². The van der Waals surface area contributed by atoms with Crippen LogP contribution < -0.4 is 5.32 Å². The molecule has 7 unspecified atom stereocenters. The van der Waals surface area contributed by atoms with E-state index in [2.05, 4.69) is 30.4 Å². The molecule has 1 aromatic rings. The quantitative estimate of drug-likeness (QED) is 0.411. The molecular weight excluding hydrogens is 508 g/mol. The van der Waals surface area contributed by atoms with Crippen LogP contribution in [0.4, 0.5) is 0 Å². The Morgan fingerprint density at radius 2 is 1.77 bits per heavy atom. The fourth-order valence-electron chi connectivity index (χ4n) is 8.70. The molecule has 5 rings (SSSR count). The maximum atomic E-state index is 12.5. The molecule has 0 radical (unpaired) electrons. The zero-order valence-corrected chi connectivity index (χ0v) is 23.8. The highest BCUT2D eigenvalue weighted by molar-refractivity contribution is 5.96. The van der Waals surface area contributed by atoms with Crippen LogP contribution in [0.25, 0.3) is 0 Å². The second-order valence-electron chi connectivity index (χ2n) is 12.9. The molecule has 3 saturated carbocycles. The van der Waals surface area contributed by atoms with Gasteiger partial charge in [-0.25, -0.2) is 4.79 Å². The molecular formula is C32H42N2O6. The summed E-state index contributed by atoms with van der Waals surface area (Å²) in [6.07, 6.45) is 9.42. The summed E-state index contributed by atoms with van der Waals surface area (Å²) in [5, 5.41) is 27.7. The number of Topliss-reactive ketones (excluding diaryl/α,β-unsaturated/α-hetero) is 1. The van der Waals surface area contributed by atoms with Gasteiger partial charge in [-0.3, -0.25) is 9.59 Å². The van der Waals surface area contributed by atoms with Crippen LogP contribution in [0.5, 0.6) is 0 Å². The van der Waals surface area contributed by atoms with Gasteiger partial charge in [-0.15, -0.1) is 0 Å². The minimum absolute atomic E-state index is 0.0592. The van der Waals surface area contributed by atoms with Gasteiger partial charge >= 0.3 is 5.97 Å². The van der Waals surface area contributed by atoms with Crippen LogP contribution in [0, 0.1) is 28.6 Å². The number of ketones is 1. The first-order chi connectivity index (χ1) is 19.0.